The van der Waals surface area contributed by atoms with E-state index >= 15 is 0 Å². The van der Waals surface area contributed by atoms with Crippen molar-refractivity contribution >= 4 is 11.0 Å². The molecule has 1 aromatic heterocycles. The van der Waals surface area contributed by atoms with Gasteiger partial charge in [-0.1, -0.05) is 27.7 Å². The smallest absolute Gasteiger partial charge is 0.238 e. The van der Waals surface area contributed by atoms with E-state index in [2.05, 4.69) is 0 Å². The summed E-state index contributed by atoms with van der Waals surface area (Å²) in [6, 6.07) is 5.69. The first-order valence-corrected chi connectivity index (χ1v) is 6.17. The van der Waals surface area contributed by atoms with Gasteiger partial charge in [0.05, 0.1) is 6.26 Å². The summed E-state index contributed by atoms with van der Waals surface area (Å²) in [6.07, 6.45) is 1.46. The topological polar surface area (TPSA) is 31.6 Å². The van der Waals surface area contributed by atoms with Crippen molar-refractivity contribution < 1.29 is 13.9 Å². The van der Waals surface area contributed by atoms with Crippen molar-refractivity contribution in [3.8, 4) is 11.5 Å². The fourth-order valence-corrected chi connectivity index (χ4v) is 1.54. The van der Waals surface area contributed by atoms with Crippen LogP contribution in [0.25, 0.3) is 11.0 Å². The molecule has 1 aliphatic heterocycles. The third-order valence-corrected chi connectivity index (χ3v) is 2.10. The van der Waals surface area contributed by atoms with Crippen molar-refractivity contribution in [1.82, 2.24) is 0 Å². The van der Waals surface area contributed by atoms with E-state index in [1.165, 1.54) is 0 Å². The number of rotatable bonds is 0. The van der Waals surface area contributed by atoms with Gasteiger partial charge in [-0.15, -0.1) is 0 Å². The molecule has 0 spiro atoms. The van der Waals surface area contributed by atoms with Gasteiger partial charge in [0, 0.05) is 18.4 Å². The first-order valence-electron chi connectivity index (χ1n) is 6.17. The van der Waals surface area contributed by atoms with Gasteiger partial charge >= 0.3 is 0 Å². The first kappa shape index (κ1) is 13.4. The summed E-state index contributed by atoms with van der Waals surface area (Å²) >= 11 is 0. The van der Waals surface area contributed by atoms with E-state index < -0.39 is 0 Å². The Labute approximate surface area is 102 Å². The molecule has 3 heteroatoms. The molecule has 2 heterocycles. The van der Waals surface area contributed by atoms with Gasteiger partial charge in [-0.2, -0.15) is 0 Å². The molecule has 1 atom stereocenters. The lowest BCUT2D eigenvalue weighted by Gasteiger charge is -1.99. The van der Waals surface area contributed by atoms with Crippen molar-refractivity contribution in [2.75, 3.05) is 0 Å². The predicted octanol–water partition coefficient (Wildman–Crippen LogP) is 4.60. The number of hydrogen-bond acceptors (Lipinski definition) is 3. The molecule has 0 radical (unpaired) electrons. The average Bonchev–Trinajstić information content (AvgIpc) is 2.95. The van der Waals surface area contributed by atoms with E-state index in [0.29, 0.717) is 0 Å². The van der Waals surface area contributed by atoms with Crippen molar-refractivity contribution in [2.45, 2.75) is 40.9 Å². The molecule has 1 aliphatic rings. The van der Waals surface area contributed by atoms with Crippen LogP contribution < -0.4 is 9.47 Å². The molecule has 0 aliphatic carbocycles. The number of hydrogen-bond donors (Lipinski definition) is 0. The molecule has 0 saturated carbocycles. The Kier molecular flexibility index (Phi) is 4.88. The molecule has 1 aromatic carbocycles. The van der Waals surface area contributed by atoms with Crippen LogP contribution in [0.2, 0.25) is 0 Å². The molecule has 3 nitrogen and oxygen atoms in total. The molecule has 17 heavy (non-hydrogen) atoms. The number of furan rings is 1. The van der Waals surface area contributed by atoms with Crippen LogP contribution in [0.5, 0.6) is 11.5 Å². The monoisotopic (exact) mass is 236 g/mol. The molecule has 3 rings (SSSR count). The van der Waals surface area contributed by atoms with Gasteiger partial charge < -0.3 is 13.9 Å². The van der Waals surface area contributed by atoms with Crippen molar-refractivity contribution in [3.05, 3.63) is 24.5 Å². The van der Waals surface area contributed by atoms with Crippen molar-refractivity contribution in [1.29, 1.82) is 0 Å². The number of benzene rings is 1. The highest BCUT2D eigenvalue weighted by Crippen LogP contribution is 2.38. The van der Waals surface area contributed by atoms with E-state index in [9.17, 15) is 0 Å². The average molecular weight is 236 g/mol. The van der Waals surface area contributed by atoms with Crippen LogP contribution in [0, 0.1) is 0 Å². The molecule has 0 amide bonds. The standard InChI is InChI=1S/C10H8O3.2C2H6/c1-6-12-9-4-7-2-3-11-8(7)5-10(9)13-6;2*1-2/h2-6H,1H3;2*1-2H3. The van der Waals surface area contributed by atoms with E-state index in [0.717, 1.165) is 22.5 Å². The lowest BCUT2D eigenvalue weighted by Crippen LogP contribution is -2.11. The molecular formula is C14H20O3. The van der Waals surface area contributed by atoms with Crippen molar-refractivity contribution in [2.24, 2.45) is 0 Å². The summed E-state index contributed by atoms with van der Waals surface area (Å²) in [5.41, 5.74) is 0.830. The van der Waals surface area contributed by atoms with E-state index in [1.807, 2.05) is 52.8 Å². The van der Waals surface area contributed by atoms with Crippen molar-refractivity contribution in [3.63, 3.8) is 0 Å². The van der Waals surface area contributed by atoms with E-state index in [1.54, 1.807) is 6.26 Å². The SMILES string of the molecule is CC.CC.CC1Oc2cc3ccoc3cc2O1. The fourth-order valence-electron chi connectivity index (χ4n) is 1.54. The number of fused-ring (bicyclic) bond motifs is 2. The Bertz CT molecular complexity index is 419. The fraction of sp³-hybridized carbons (Fsp3) is 0.429. The lowest BCUT2D eigenvalue weighted by atomic mass is 10.2. The molecule has 0 N–H and O–H groups in total. The van der Waals surface area contributed by atoms with Gasteiger partial charge in [0.1, 0.15) is 5.58 Å². The van der Waals surface area contributed by atoms with Crippen LogP contribution in [0.3, 0.4) is 0 Å². The van der Waals surface area contributed by atoms with E-state index in [-0.39, 0.29) is 6.29 Å². The third-order valence-electron chi connectivity index (χ3n) is 2.10. The molecule has 94 valence electrons. The lowest BCUT2D eigenvalue weighted by molar-refractivity contribution is 0.0679. The maximum absolute atomic E-state index is 5.42. The Balaban J connectivity index is 0.000000330. The zero-order chi connectivity index (χ0) is 12.8. The normalized spacial score (nSPS) is 15.7. The van der Waals surface area contributed by atoms with Gasteiger partial charge in [-0.3, -0.25) is 0 Å². The number of ether oxygens (including phenoxy) is 2. The molecular weight excluding hydrogens is 216 g/mol. The molecule has 1 unspecified atom stereocenters. The molecule has 2 aromatic rings. The minimum absolute atomic E-state index is 0.193. The maximum atomic E-state index is 5.42. The summed E-state index contributed by atoms with van der Waals surface area (Å²) < 4.78 is 16.1. The molecule has 0 bridgehead atoms. The Morgan fingerprint density at radius 1 is 0.941 bits per heavy atom. The Morgan fingerprint density at radius 3 is 2.18 bits per heavy atom. The van der Waals surface area contributed by atoms with Gasteiger partial charge in [-0.05, 0) is 12.1 Å². The zero-order valence-electron chi connectivity index (χ0n) is 11.1. The maximum Gasteiger partial charge on any atom is 0.238 e. The summed E-state index contributed by atoms with van der Waals surface area (Å²) in [6.45, 7) is 9.86. The van der Waals surface area contributed by atoms with Gasteiger partial charge in [0.15, 0.2) is 11.5 Å². The highest BCUT2D eigenvalue weighted by molar-refractivity contribution is 5.81. The highest BCUT2D eigenvalue weighted by Gasteiger charge is 2.21. The Hall–Kier alpha value is -1.64. The highest BCUT2D eigenvalue weighted by atomic mass is 16.7. The van der Waals surface area contributed by atoms with Crippen LogP contribution in [0.15, 0.2) is 28.9 Å². The molecule has 0 fully saturated rings. The van der Waals surface area contributed by atoms with Gasteiger partial charge in [0.2, 0.25) is 6.29 Å². The summed E-state index contributed by atoms with van der Waals surface area (Å²) in [7, 11) is 0. The van der Waals surface area contributed by atoms with Gasteiger partial charge in [-0.25, -0.2) is 0 Å². The first-order chi connectivity index (χ1) is 8.33. The van der Waals surface area contributed by atoms with Crippen LogP contribution >= 0.6 is 0 Å². The second-order valence-electron chi connectivity index (χ2n) is 3.06. The second kappa shape index (κ2) is 6.18. The third kappa shape index (κ3) is 2.73. The summed E-state index contributed by atoms with van der Waals surface area (Å²) in [5.74, 6) is 1.55. The zero-order valence-corrected chi connectivity index (χ0v) is 11.1. The molecule has 0 saturated heterocycles. The van der Waals surface area contributed by atoms with Crippen LogP contribution in [-0.2, 0) is 0 Å². The van der Waals surface area contributed by atoms with Crippen LogP contribution in [0.4, 0.5) is 0 Å². The predicted molar refractivity (Wildman–Crippen MR) is 69.6 cm³/mol. The van der Waals surface area contributed by atoms with E-state index in [4.69, 9.17) is 13.9 Å². The second-order valence-corrected chi connectivity index (χ2v) is 3.06. The quantitative estimate of drug-likeness (QED) is 0.669. The minimum Gasteiger partial charge on any atom is -0.464 e. The Morgan fingerprint density at radius 2 is 1.53 bits per heavy atom. The summed E-state index contributed by atoms with van der Waals surface area (Å²) in [5, 5.41) is 1.04. The van der Waals surface area contributed by atoms with Crippen LogP contribution in [-0.4, -0.2) is 6.29 Å². The van der Waals surface area contributed by atoms with Crippen LogP contribution in [0.1, 0.15) is 34.6 Å². The largest absolute Gasteiger partial charge is 0.464 e. The minimum atomic E-state index is -0.193. The summed E-state index contributed by atoms with van der Waals surface area (Å²) in [4.78, 5) is 0. The van der Waals surface area contributed by atoms with Gasteiger partial charge in [0.25, 0.3) is 0 Å².